The summed E-state index contributed by atoms with van der Waals surface area (Å²) in [6, 6.07) is 7.99. The van der Waals surface area contributed by atoms with Crippen LogP contribution in [0.15, 0.2) is 42.7 Å². The third-order valence-electron chi connectivity index (χ3n) is 4.21. The van der Waals surface area contributed by atoms with Crippen LogP contribution in [0.5, 0.6) is 0 Å². The topological polar surface area (TPSA) is 92.0 Å². The number of hydrogen-bond acceptors (Lipinski definition) is 3. The van der Waals surface area contributed by atoms with Crippen LogP contribution in [0.3, 0.4) is 0 Å². The lowest BCUT2D eigenvalue weighted by molar-refractivity contribution is -0.113. The Morgan fingerprint density at radius 1 is 1.28 bits per heavy atom. The standard InChI is InChI=1S/C20H21N3O2/c1-12-8-13(4-6-17(12)20(2,3)25)15-9-16-14(5-7-18(21)24)10-22-19(16)23-11-15/h4-11,25H,1-3H3,(H2,21,24)(H,22,23)/b7-5+. The first-order chi connectivity index (χ1) is 11.8. The first-order valence-corrected chi connectivity index (χ1v) is 8.04. The third-order valence-corrected chi connectivity index (χ3v) is 4.21. The van der Waals surface area contributed by atoms with E-state index >= 15 is 0 Å². The predicted molar refractivity (Wildman–Crippen MR) is 99.7 cm³/mol. The predicted octanol–water partition coefficient (Wildman–Crippen LogP) is 3.26. The summed E-state index contributed by atoms with van der Waals surface area (Å²) in [5.41, 5.74) is 9.80. The SMILES string of the molecule is Cc1cc(-c2cnc3[nH]cc(/C=C/C(N)=O)c3c2)ccc1C(C)(C)O. The minimum atomic E-state index is -0.877. The van der Waals surface area contributed by atoms with Gasteiger partial charge in [0.15, 0.2) is 0 Å². The Morgan fingerprint density at radius 2 is 2.04 bits per heavy atom. The Labute approximate surface area is 146 Å². The van der Waals surface area contributed by atoms with Gasteiger partial charge in [-0.1, -0.05) is 18.2 Å². The third kappa shape index (κ3) is 3.46. The molecule has 2 heterocycles. The van der Waals surface area contributed by atoms with Gasteiger partial charge in [0.05, 0.1) is 5.60 Å². The van der Waals surface area contributed by atoms with E-state index in [4.69, 9.17) is 5.73 Å². The Balaban J connectivity index is 2.06. The number of nitrogens with two attached hydrogens (primary N) is 1. The Morgan fingerprint density at radius 3 is 2.68 bits per heavy atom. The van der Waals surface area contributed by atoms with Gasteiger partial charge in [0, 0.05) is 35.0 Å². The minimum absolute atomic E-state index is 0.490. The van der Waals surface area contributed by atoms with Gasteiger partial charge in [-0.2, -0.15) is 0 Å². The summed E-state index contributed by atoms with van der Waals surface area (Å²) in [5, 5.41) is 11.1. The number of rotatable bonds is 4. The average Bonchev–Trinajstić information content (AvgIpc) is 2.93. The molecule has 2 aromatic heterocycles. The number of H-pyrrole nitrogens is 1. The van der Waals surface area contributed by atoms with E-state index in [-0.39, 0.29) is 0 Å². The van der Waals surface area contributed by atoms with Gasteiger partial charge >= 0.3 is 0 Å². The number of pyridine rings is 1. The zero-order valence-electron chi connectivity index (χ0n) is 14.5. The molecule has 0 atom stereocenters. The fourth-order valence-electron chi connectivity index (χ4n) is 3.02. The van der Waals surface area contributed by atoms with Crippen LogP contribution >= 0.6 is 0 Å². The van der Waals surface area contributed by atoms with E-state index in [0.717, 1.165) is 38.9 Å². The van der Waals surface area contributed by atoms with Crippen molar-refractivity contribution in [2.45, 2.75) is 26.4 Å². The number of carbonyl (C=O) groups excluding carboxylic acids is 1. The lowest BCUT2D eigenvalue weighted by Gasteiger charge is -2.21. The van der Waals surface area contributed by atoms with Gasteiger partial charge in [0.1, 0.15) is 5.65 Å². The molecule has 5 heteroatoms. The van der Waals surface area contributed by atoms with Crippen LogP contribution in [-0.4, -0.2) is 21.0 Å². The lowest BCUT2D eigenvalue weighted by Crippen LogP contribution is -2.16. The summed E-state index contributed by atoms with van der Waals surface area (Å²) < 4.78 is 0. The highest BCUT2D eigenvalue weighted by molar-refractivity contribution is 5.95. The molecule has 0 aliphatic rings. The fourth-order valence-corrected chi connectivity index (χ4v) is 3.02. The van der Waals surface area contributed by atoms with Crippen LogP contribution in [0.4, 0.5) is 0 Å². The van der Waals surface area contributed by atoms with E-state index in [1.807, 2.05) is 31.2 Å². The number of nitrogens with one attached hydrogen (secondary N) is 1. The van der Waals surface area contributed by atoms with Gasteiger partial charge in [-0.3, -0.25) is 4.79 Å². The van der Waals surface area contributed by atoms with Gasteiger partial charge in [-0.15, -0.1) is 0 Å². The maximum atomic E-state index is 11.0. The number of aromatic nitrogens is 2. The van der Waals surface area contributed by atoms with Crippen LogP contribution in [0.2, 0.25) is 0 Å². The van der Waals surface area contributed by atoms with Crippen LogP contribution in [0.25, 0.3) is 28.2 Å². The van der Waals surface area contributed by atoms with Crippen molar-refractivity contribution in [3.05, 3.63) is 59.4 Å². The number of carbonyl (C=O) groups is 1. The Bertz CT molecular complexity index is 978. The second kappa shape index (κ2) is 6.18. The normalized spacial score (nSPS) is 12.2. The van der Waals surface area contributed by atoms with E-state index in [1.54, 1.807) is 32.3 Å². The molecule has 0 unspecified atom stereocenters. The Kier molecular flexibility index (Phi) is 4.18. The molecule has 0 radical (unpaired) electrons. The minimum Gasteiger partial charge on any atom is -0.386 e. The molecule has 0 bridgehead atoms. The zero-order chi connectivity index (χ0) is 18.2. The molecule has 0 aliphatic carbocycles. The summed E-state index contributed by atoms with van der Waals surface area (Å²) in [6.07, 6.45) is 6.61. The van der Waals surface area contributed by atoms with E-state index in [1.165, 1.54) is 6.08 Å². The second-order valence-corrected chi connectivity index (χ2v) is 6.69. The molecule has 1 aromatic carbocycles. The molecule has 0 spiro atoms. The van der Waals surface area contributed by atoms with Crippen molar-refractivity contribution in [1.82, 2.24) is 9.97 Å². The highest BCUT2D eigenvalue weighted by Gasteiger charge is 2.18. The smallest absolute Gasteiger partial charge is 0.241 e. The van der Waals surface area contributed by atoms with E-state index in [9.17, 15) is 9.90 Å². The van der Waals surface area contributed by atoms with Crippen LogP contribution < -0.4 is 5.73 Å². The number of aromatic amines is 1. The van der Waals surface area contributed by atoms with Gasteiger partial charge in [0.2, 0.25) is 5.91 Å². The maximum absolute atomic E-state index is 11.0. The molecule has 4 N–H and O–H groups in total. The van der Waals surface area contributed by atoms with Crippen LogP contribution in [0.1, 0.15) is 30.5 Å². The largest absolute Gasteiger partial charge is 0.386 e. The number of primary amides is 1. The van der Waals surface area contributed by atoms with E-state index < -0.39 is 11.5 Å². The summed E-state index contributed by atoms with van der Waals surface area (Å²) in [5.74, 6) is -0.490. The zero-order valence-corrected chi connectivity index (χ0v) is 14.5. The molecule has 3 rings (SSSR count). The molecule has 1 amide bonds. The maximum Gasteiger partial charge on any atom is 0.241 e. The fraction of sp³-hybridized carbons (Fsp3) is 0.200. The molecule has 25 heavy (non-hydrogen) atoms. The lowest BCUT2D eigenvalue weighted by atomic mass is 9.91. The van der Waals surface area contributed by atoms with Crippen molar-refractivity contribution in [3.8, 4) is 11.1 Å². The number of aryl methyl sites for hydroxylation is 1. The Hall–Kier alpha value is -2.92. The van der Waals surface area contributed by atoms with Crippen molar-refractivity contribution in [2.24, 2.45) is 5.73 Å². The van der Waals surface area contributed by atoms with Gasteiger partial charge in [-0.05, 0) is 49.6 Å². The monoisotopic (exact) mass is 335 g/mol. The summed E-state index contributed by atoms with van der Waals surface area (Å²) in [7, 11) is 0. The average molecular weight is 335 g/mol. The molecule has 0 aliphatic heterocycles. The van der Waals surface area contributed by atoms with Crippen LogP contribution in [-0.2, 0) is 10.4 Å². The second-order valence-electron chi connectivity index (χ2n) is 6.69. The molecular weight excluding hydrogens is 314 g/mol. The quantitative estimate of drug-likeness (QED) is 0.639. The molecule has 3 aromatic rings. The summed E-state index contributed by atoms with van der Waals surface area (Å²) >= 11 is 0. The van der Waals surface area contributed by atoms with Crippen LogP contribution in [0, 0.1) is 6.92 Å². The molecule has 0 saturated heterocycles. The summed E-state index contributed by atoms with van der Waals surface area (Å²) in [6.45, 7) is 5.54. The van der Waals surface area contributed by atoms with Crippen molar-refractivity contribution in [2.75, 3.05) is 0 Å². The highest BCUT2D eigenvalue weighted by atomic mass is 16.3. The number of hydrogen-bond donors (Lipinski definition) is 3. The first kappa shape index (κ1) is 16.9. The van der Waals surface area contributed by atoms with E-state index in [2.05, 4.69) is 9.97 Å². The number of fused-ring (bicyclic) bond motifs is 1. The van der Waals surface area contributed by atoms with E-state index in [0.29, 0.717) is 0 Å². The van der Waals surface area contributed by atoms with Gasteiger partial charge < -0.3 is 15.8 Å². The highest BCUT2D eigenvalue weighted by Crippen LogP contribution is 2.30. The van der Waals surface area contributed by atoms with Crippen molar-refractivity contribution >= 4 is 23.0 Å². The number of benzene rings is 1. The van der Waals surface area contributed by atoms with Crippen molar-refractivity contribution in [3.63, 3.8) is 0 Å². The number of nitrogens with zero attached hydrogens (tertiary/aromatic N) is 1. The molecule has 0 saturated carbocycles. The molecule has 5 nitrogen and oxygen atoms in total. The van der Waals surface area contributed by atoms with Crippen molar-refractivity contribution < 1.29 is 9.90 Å². The molecular formula is C20H21N3O2. The molecule has 128 valence electrons. The summed E-state index contributed by atoms with van der Waals surface area (Å²) in [4.78, 5) is 18.5. The van der Waals surface area contributed by atoms with Gasteiger partial charge in [0.25, 0.3) is 0 Å². The van der Waals surface area contributed by atoms with Crippen molar-refractivity contribution in [1.29, 1.82) is 0 Å². The number of amides is 1. The molecule has 0 fully saturated rings. The first-order valence-electron chi connectivity index (χ1n) is 8.04. The van der Waals surface area contributed by atoms with Gasteiger partial charge in [-0.25, -0.2) is 4.98 Å². The number of aliphatic hydroxyl groups is 1.